The first kappa shape index (κ1) is 15.7. The summed E-state index contributed by atoms with van der Waals surface area (Å²) in [4.78, 5) is 12.6. The Morgan fingerprint density at radius 3 is 2.38 bits per heavy atom. The fourth-order valence-electron chi connectivity index (χ4n) is 1.93. The quantitative estimate of drug-likeness (QED) is 0.688. The third kappa shape index (κ3) is 3.52. The van der Waals surface area contributed by atoms with Gasteiger partial charge in [0.05, 0.1) is 13.2 Å². The third-order valence-electron chi connectivity index (χ3n) is 3.04. The van der Waals surface area contributed by atoms with Gasteiger partial charge in [0.15, 0.2) is 5.78 Å². The lowest BCUT2D eigenvalue weighted by molar-refractivity contribution is 0.0978. The zero-order chi connectivity index (χ0) is 15.4. The van der Waals surface area contributed by atoms with Crippen LogP contribution in [0.15, 0.2) is 51.4 Å². The molecule has 0 radical (unpaired) electrons. The summed E-state index contributed by atoms with van der Waals surface area (Å²) in [7, 11) is 1.57. The molecule has 0 spiro atoms. The van der Waals surface area contributed by atoms with Crippen molar-refractivity contribution < 1.29 is 9.53 Å². The molecule has 0 aromatic heterocycles. The van der Waals surface area contributed by atoms with Crippen LogP contribution in [0.25, 0.3) is 0 Å². The van der Waals surface area contributed by atoms with Gasteiger partial charge in [-0.05, 0) is 35.9 Å². The number of hydrogen-bond donors (Lipinski definition) is 0. The Balaban J connectivity index is 2.36. The summed E-state index contributed by atoms with van der Waals surface area (Å²) in [5.41, 5.74) is 1.14. The summed E-state index contributed by atoms with van der Waals surface area (Å²) >= 11 is 6.70. The van der Waals surface area contributed by atoms with E-state index in [0.717, 1.165) is 4.47 Å². The van der Waals surface area contributed by atoms with Gasteiger partial charge in [-0.3, -0.25) is 4.79 Å². The van der Waals surface area contributed by atoms with Gasteiger partial charge in [0.25, 0.3) is 0 Å². The van der Waals surface area contributed by atoms with Crippen molar-refractivity contribution in [3.8, 4) is 11.8 Å². The maximum Gasteiger partial charge on any atom is 0.185 e. The van der Waals surface area contributed by atoms with Crippen molar-refractivity contribution in [3.05, 3.63) is 62.5 Å². The molecule has 3 nitrogen and oxygen atoms in total. The molecular formula is C16H11Br2NO2. The van der Waals surface area contributed by atoms with Gasteiger partial charge in [-0.2, -0.15) is 5.26 Å². The van der Waals surface area contributed by atoms with Crippen LogP contribution in [0.1, 0.15) is 21.8 Å². The van der Waals surface area contributed by atoms with Crippen molar-refractivity contribution in [1.29, 1.82) is 5.26 Å². The van der Waals surface area contributed by atoms with E-state index < -0.39 is 5.92 Å². The minimum atomic E-state index is -0.839. The second-order valence-corrected chi connectivity index (χ2v) is 6.09. The van der Waals surface area contributed by atoms with Crippen LogP contribution < -0.4 is 4.74 Å². The molecule has 2 aromatic carbocycles. The zero-order valence-corrected chi connectivity index (χ0v) is 14.3. The molecule has 0 heterocycles. The number of carbonyl (C=O) groups is 1. The van der Waals surface area contributed by atoms with Crippen LogP contribution in [0.3, 0.4) is 0 Å². The molecule has 0 saturated heterocycles. The molecule has 0 N–H and O–H groups in total. The summed E-state index contributed by atoms with van der Waals surface area (Å²) in [6.07, 6.45) is 0. The molecule has 0 saturated carbocycles. The third-order valence-corrected chi connectivity index (χ3v) is 4.19. The van der Waals surface area contributed by atoms with E-state index in [9.17, 15) is 10.1 Å². The maximum absolute atomic E-state index is 12.6. The molecular weight excluding hydrogens is 398 g/mol. The number of hydrogen-bond acceptors (Lipinski definition) is 3. The Bertz CT molecular complexity index is 705. The Kier molecular flexibility index (Phi) is 5.16. The molecule has 0 bridgehead atoms. The van der Waals surface area contributed by atoms with E-state index >= 15 is 0 Å². The smallest absolute Gasteiger partial charge is 0.185 e. The highest BCUT2D eigenvalue weighted by atomic mass is 79.9. The molecule has 0 aliphatic rings. The molecule has 2 aromatic rings. The van der Waals surface area contributed by atoms with Gasteiger partial charge in [-0.25, -0.2) is 0 Å². The highest BCUT2D eigenvalue weighted by molar-refractivity contribution is 9.11. The number of Topliss-reactive ketones (excluding diaryl/α,β-unsaturated/α-hetero) is 1. The van der Waals surface area contributed by atoms with Gasteiger partial charge in [0.2, 0.25) is 0 Å². The molecule has 0 aliphatic carbocycles. The minimum Gasteiger partial charge on any atom is -0.497 e. The van der Waals surface area contributed by atoms with Crippen LogP contribution in [-0.2, 0) is 0 Å². The lowest BCUT2D eigenvalue weighted by atomic mass is 9.92. The highest BCUT2D eigenvalue weighted by Crippen LogP contribution is 2.28. The van der Waals surface area contributed by atoms with E-state index in [1.165, 1.54) is 0 Å². The SMILES string of the molecule is COc1ccc(C(C#N)C(=O)c2ccc(Br)cc2Br)cc1. The molecule has 0 fully saturated rings. The van der Waals surface area contributed by atoms with Gasteiger partial charge in [-0.15, -0.1) is 0 Å². The van der Waals surface area contributed by atoms with E-state index in [2.05, 4.69) is 37.9 Å². The van der Waals surface area contributed by atoms with Gasteiger partial charge in [0.1, 0.15) is 11.7 Å². The Labute approximate surface area is 139 Å². The fourth-order valence-corrected chi connectivity index (χ4v) is 3.17. The lowest BCUT2D eigenvalue weighted by Gasteiger charge is -2.11. The predicted molar refractivity (Wildman–Crippen MR) is 87.5 cm³/mol. The van der Waals surface area contributed by atoms with Crippen molar-refractivity contribution in [1.82, 2.24) is 0 Å². The van der Waals surface area contributed by atoms with Gasteiger partial charge in [0, 0.05) is 14.5 Å². The predicted octanol–water partition coefficient (Wildman–Crippen LogP) is 4.71. The summed E-state index contributed by atoms with van der Waals surface area (Å²) in [6, 6.07) is 14.3. The Morgan fingerprint density at radius 1 is 1.19 bits per heavy atom. The van der Waals surface area contributed by atoms with Crippen molar-refractivity contribution >= 4 is 37.6 Å². The second-order valence-electron chi connectivity index (χ2n) is 4.32. The number of ketones is 1. The molecule has 106 valence electrons. The summed E-state index contributed by atoms with van der Waals surface area (Å²) < 4.78 is 6.61. The monoisotopic (exact) mass is 407 g/mol. The van der Waals surface area contributed by atoms with Crippen molar-refractivity contribution in [2.75, 3.05) is 7.11 Å². The molecule has 2 rings (SSSR count). The first-order valence-electron chi connectivity index (χ1n) is 6.09. The fraction of sp³-hybridized carbons (Fsp3) is 0.125. The van der Waals surface area contributed by atoms with E-state index in [4.69, 9.17) is 4.74 Å². The summed E-state index contributed by atoms with van der Waals surface area (Å²) in [6.45, 7) is 0. The number of benzene rings is 2. The second kappa shape index (κ2) is 6.88. The number of nitriles is 1. The summed E-state index contributed by atoms with van der Waals surface area (Å²) in [5, 5.41) is 9.36. The first-order chi connectivity index (χ1) is 10.1. The number of methoxy groups -OCH3 is 1. The van der Waals surface area contributed by atoms with E-state index in [-0.39, 0.29) is 5.78 Å². The summed E-state index contributed by atoms with van der Waals surface area (Å²) in [5.74, 6) is -0.386. The van der Waals surface area contributed by atoms with Crippen molar-refractivity contribution in [2.24, 2.45) is 0 Å². The average Bonchev–Trinajstić information content (AvgIpc) is 2.48. The largest absolute Gasteiger partial charge is 0.497 e. The molecule has 0 amide bonds. The minimum absolute atomic E-state index is 0.234. The topological polar surface area (TPSA) is 50.1 Å². The van der Waals surface area contributed by atoms with E-state index in [1.807, 2.05) is 0 Å². The van der Waals surface area contributed by atoms with Crippen LogP contribution in [0.5, 0.6) is 5.75 Å². The van der Waals surface area contributed by atoms with Gasteiger partial charge in [-0.1, -0.05) is 44.0 Å². The number of carbonyl (C=O) groups excluding carboxylic acids is 1. The Hall–Kier alpha value is -1.64. The Morgan fingerprint density at radius 2 is 1.86 bits per heavy atom. The van der Waals surface area contributed by atoms with Gasteiger partial charge >= 0.3 is 0 Å². The molecule has 0 aliphatic heterocycles. The molecule has 5 heteroatoms. The lowest BCUT2D eigenvalue weighted by Crippen LogP contribution is -2.12. The van der Waals surface area contributed by atoms with Crippen LogP contribution in [0.4, 0.5) is 0 Å². The maximum atomic E-state index is 12.6. The normalized spacial score (nSPS) is 11.5. The number of ether oxygens (including phenoxy) is 1. The number of halogens is 2. The molecule has 1 unspecified atom stereocenters. The van der Waals surface area contributed by atoms with Gasteiger partial charge < -0.3 is 4.74 Å². The number of nitrogens with zero attached hydrogens (tertiary/aromatic N) is 1. The van der Waals surface area contributed by atoms with E-state index in [1.54, 1.807) is 49.6 Å². The average molecular weight is 409 g/mol. The molecule has 21 heavy (non-hydrogen) atoms. The highest BCUT2D eigenvalue weighted by Gasteiger charge is 2.23. The van der Waals surface area contributed by atoms with Crippen LogP contribution in [0, 0.1) is 11.3 Å². The first-order valence-corrected chi connectivity index (χ1v) is 7.68. The molecule has 1 atom stereocenters. The van der Waals surface area contributed by atoms with Crippen LogP contribution >= 0.6 is 31.9 Å². The number of rotatable bonds is 4. The zero-order valence-electron chi connectivity index (χ0n) is 11.1. The van der Waals surface area contributed by atoms with Crippen LogP contribution in [0.2, 0.25) is 0 Å². The van der Waals surface area contributed by atoms with Crippen molar-refractivity contribution in [3.63, 3.8) is 0 Å². The van der Waals surface area contributed by atoms with Crippen LogP contribution in [-0.4, -0.2) is 12.9 Å². The standard InChI is InChI=1S/C16H11Br2NO2/c1-21-12-5-2-10(3-6-12)14(9-19)16(20)13-7-4-11(17)8-15(13)18/h2-8,14H,1H3. The van der Waals surface area contributed by atoms with Crippen molar-refractivity contribution in [2.45, 2.75) is 5.92 Å². The van der Waals surface area contributed by atoms with E-state index in [0.29, 0.717) is 21.3 Å².